The van der Waals surface area contributed by atoms with Gasteiger partial charge in [-0.05, 0) is 54.8 Å². The Morgan fingerprint density at radius 3 is 2.62 bits per heavy atom. The third-order valence-corrected chi connectivity index (χ3v) is 7.29. The summed E-state index contributed by atoms with van der Waals surface area (Å²) in [5.74, 6) is 0.711. The lowest BCUT2D eigenvalue weighted by molar-refractivity contribution is -0.120. The molecule has 1 fully saturated rings. The Kier molecular flexibility index (Phi) is 5.77. The molecule has 0 radical (unpaired) electrons. The van der Waals surface area contributed by atoms with E-state index in [1.165, 1.54) is 6.42 Å². The third kappa shape index (κ3) is 4.39. The highest BCUT2D eigenvalue weighted by molar-refractivity contribution is 5.95. The summed E-state index contributed by atoms with van der Waals surface area (Å²) in [6.45, 7) is 0. The maximum Gasteiger partial charge on any atom is 0.227 e. The van der Waals surface area contributed by atoms with Crippen molar-refractivity contribution in [2.45, 2.75) is 32.1 Å². The van der Waals surface area contributed by atoms with E-state index in [4.69, 9.17) is 9.97 Å². The lowest BCUT2D eigenvalue weighted by Crippen LogP contribution is -2.24. The first-order valence-electron chi connectivity index (χ1n) is 13.1. The Morgan fingerprint density at radius 1 is 0.872 bits per heavy atom. The van der Waals surface area contributed by atoms with Gasteiger partial charge in [-0.1, -0.05) is 19.3 Å². The van der Waals surface area contributed by atoms with Crippen LogP contribution in [-0.2, 0) is 4.79 Å². The van der Waals surface area contributed by atoms with Gasteiger partial charge in [-0.2, -0.15) is 5.10 Å². The number of aromatic nitrogens is 8. The Hall–Kier alpha value is -4.99. The molecule has 6 aromatic heterocycles. The molecule has 0 aromatic carbocycles. The van der Waals surface area contributed by atoms with Crippen molar-refractivity contribution < 1.29 is 4.79 Å². The van der Waals surface area contributed by atoms with Crippen LogP contribution in [0.3, 0.4) is 0 Å². The quantitative estimate of drug-likeness (QED) is 0.274. The number of aromatic amines is 2. The number of H-pyrrole nitrogens is 2. The number of pyridine rings is 4. The molecule has 0 saturated heterocycles. The van der Waals surface area contributed by atoms with E-state index >= 15 is 0 Å². The molecule has 1 aliphatic rings. The number of hydrogen-bond donors (Lipinski definition) is 3. The fourth-order valence-electron chi connectivity index (χ4n) is 5.27. The van der Waals surface area contributed by atoms with Gasteiger partial charge in [-0.25, -0.2) is 15.0 Å². The van der Waals surface area contributed by atoms with Crippen LogP contribution in [0.25, 0.3) is 56.1 Å². The molecule has 1 aliphatic carbocycles. The molecule has 0 bridgehead atoms. The zero-order valence-electron chi connectivity index (χ0n) is 21.1. The highest BCUT2D eigenvalue weighted by Crippen LogP contribution is 2.31. The van der Waals surface area contributed by atoms with Crippen molar-refractivity contribution in [2.24, 2.45) is 5.92 Å². The molecule has 3 N–H and O–H groups in total. The maximum atomic E-state index is 12.8. The number of amides is 1. The van der Waals surface area contributed by atoms with Crippen molar-refractivity contribution in [3.05, 3.63) is 67.4 Å². The van der Waals surface area contributed by atoms with Crippen molar-refractivity contribution >= 4 is 33.8 Å². The first-order chi connectivity index (χ1) is 19.2. The maximum absolute atomic E-state index is 12.8. The summed E-state index contributed by atoms with van der Waals surface area (Å²) in [6.07, 6.45) is 14.0. The molecule has 6 aromatic rings. The fraction of sp³-hybridized carbons (Fsp3) is 0.207. The number of rotatable bonds is 5. The second-order valence-corrected chi connectivity index (χ2v) is 9.83. The molecule has 10 nitrogen and oxygen atoms in total. The Morgan fingerprint density at radius 2 is 1.74 bits per heavy atom. The molecular formula is C29H25N9O. The molecule has 6 heterocycles. The van der Waals surface area contributed by atoms with E-state index in [-0.39, 0.29) is 11.8 Å². The van der Waals surface area contributed by atoms with E-state index in [0.717, 1.165) is 59.1 Å². The molecule has 0 unspecified atom stereocenters. The molecule has 1 saturated carbocycles. The number of imidazole rings is 1. The van der Waals surface area contributed by atoms with Crippen LogP contribution in [0.5, 0.6) is 0 Å². The summed E-state index contributed by atoms with van der Waals surface area (Å²) >= 11 is 0. The van der Waals surface area contributed by atoms with E-state index in [9.17, 15) is 4.79 Å². The summed E-state index contributed by atoms with van der Waals surface area (Å²) < 4.78 is 0. The summed E-state index contributed by atoms with van der Waals surface area (Å²) in [5, 5.41) is 10.6. The normalized spacial score (nSPS) is 14.2. The third-order valence-electron chi connectivity index (χ3n) is 7.29. The number of nitrogens with zero attached hydrogens (tertiary/aromatic N) is 6. The van der Waals surface area contributed by atoms with Crippen LogP contribution < -0.4 is 5.32 Å². The number of nitrogens with one attached hydrogen (secondary N) is 3. The van der Waals surface area contributed by atoms with E-state index in [2.05, 4.69) is 35.5 Å². The van der Waals surface area contributed by atoms with Crippen LogP contribution in [0.15, 0.2) is 67.4 Å². The molecular weight excluding hydrogens is 490 g/mol. The number of hydrogen-bond acceptors (Lipinski definition) is 7. The number of carbonyl (C=O) groups excluding carboxylic acids is 1. The van der Waals surface area contributed by atoms with Gasteiger partial charge in [-0.15, -0.1) is 0 Å². The van der Waals surface area contributed by atoms with Crippen molar-refractivity contribution in [1.29, 1.82) is 0 Å². The van der Waals surface area contributed by atoms with Gasteiger partial charge in [0.05, 0.1) is 23.1 Å². The Balaban J connectivity index is 1.23. The largest absolute Gasteiger partial charge is 0.324 e. The van der Waals surface area contributed by atoms with Crippen molar-refractivity contribution in [2.75, 3.05) is 5.32 Å². The second kappa shape index (κ2) is 9.71. The van der Waals surface area contributed by atoms with Crippen LogP contribution in [0.2, 0.25) is 0 Å². The molecule has 1 amide bonds. The molecule has 192 valence electrons. The smallest absolute Gasteiger partial charge is 0.227 e. The van der Waals surface area contributed by atoms with Gasteiger partial charge in [0.25, 0.3) is 0 Å². The van der Waals surface area contributed by atoms with Gasteiger partial charge < -0.3 is 10.3 Å². The highest BCUT2D eigenvalue weighted by atomic mass is 16.1. The minimum atomic E-state index is 0.0683. The predicted molar refractivity (Wildman–Crippen MR) is 148 cm³/mol. The van der Waals surface area contributed by atoms with Gasteiger partial charge >= 0.3 is 0 Å². The lowest BCUT2D eigenvalue weighted by Gasteiger charge is -2.20. The van der Waals surface area contributed by atoms with Crippen molar-refractivity contribution in [3.63, 3.8) is 0 Å². The fourth-order valence-corrected chi connectivity index (χ4v) is 5.27. The van der Waals surface area contributed by atoms with E-state index in [1.54, 1.807) is 31.0 Å². The molecule has 0 atom stereocenters. The van der Waals surface area contributed by atoms with Gasteiger partial charge in [0.1, 0.15) is 11.0 Å². The second-order valence-electron chi connectivity index (χ2n) is 9.83. The first kappa shape index (κ1) is 23.2. The van der Waals surface area contributed by atoms with Gasteiger partial charge in [0.2, 0.25) is 5.91 Å². The molecule has 10 heteroatoms. The Labute approximate surface area is 223 Å². The summed E-state index contributed by atoms with van der Waals surface area (Å²) in [6, 6.07) is 11.6. The monoisotopic (exact) mass is 515 g/mol. The van der Waals surface area contributed by atoms with Crippen LogP contribution in [0, 0.1) is 5.92 Å². The Bertz CT molecular complexity index is 1800. The average Bonchev–Trinajstić information content (AvgIpc) is 3.62. The van der Waals surface area contributed by atoms with Crippen LogP contribution in [-0.4, -0.2) is 46.0 Å². The van der Waals surface area contributed by atoms with Gasteiger partial charge in [0.15, 0.2) is 17.2 Å². The average molecular weight is 516 g/mol. The molecule has 7 rings (SSSR count). The van der Waals surface area contributed by atoms with Crippen LogP contribution in [0.1, 0.15) is 32.1 Å². The highest BCUT2D eigenvalue weighted by Gasteiger charge is 2.22. The number of carbonyl (C=O) groups is 1. The minimum absolute atomic E-state index is 0.0683. The standard InChI is InChI=1S/C29H25N9O/c39-29(18-4-2-1-3-5-18)33-20-14-19(15-31-16-20)22-6-7-23-25(34-22)26(38-37-23)28-35-24-21(10-13-32-27(24)36-28)17-8-11-30-12-9-17/h6-16,18H,1-5H2,(H,33,39)(H,37,38)(H,32,35,36). The van der Waals surface area contributed by atoms with E-state index < -0.39 is 0 Å². The van der Waals surface area contributed by atoms with Crippen molar-refractivity contribution in [1.82, 2.24) is 40.1 Å². The zero-order chi connectivity index (χ0) is 26.2. The predicted octanol–water partition coefficient (Wildman–Crippen LogP) is 5.54. The molecule has 0 aliphatic heterocycles. The minimum Gasteiger partial charge on any atom is -0.324 e. The van der Waals surface area contributed by atoms with Gasteiger partial charge in [0, 0.05) is 41.8 Å². The molecule has 0 spiro atoms. The topological polar surface area (TPSA) is 138 Å². The molecule has 39 heavy (non-hydrogen) atoms. The first-order valence-corrected chi connectivity index (χ1v) is 13.1. The van der Waals surface area contributed by atoms with E-state index in [0.29, 0.717) is 28.4 Å². The number of fused-ring (bicyclic) bond motifs is 2. The van der Waals surface area contributed by atoms with Gasteiger partial charge in [-0.3, -0.25) is 19.9 Å². The van der Waals surface area contributed by atoms with E-state index in [1.807, 2.05) is 36.4 Å². The zero-order valence-corrected chi connectivity index (χ0v) is 21.1. The summed E-state index contributed by atoms with van der Waals surface area (Å²) in [7, 11) is 0. The van der Waals surface area contributed by atoms with Crippen LogP contribution >= 0.6 is 0 Å². The summed E-state index contributed by atoms with van der Waals surface area (Å²) in [5.41, 5.74) is 7.62. The number of anilines is 1. The van der Waals surface area contributed by atoms with Crippen molar-refractivity contribution in [3.8, 4) is 33.9 Å². The van der Waals surface area contributed by atoms with Crippen LogP contribution in [0.4, 0.5) is 5.69 Å². The summed E-state index contributed by atoms with van der Waals surface area (Å²) in [4.78, 5) is 38.8. The lowest BCUT2D eigenvalue weighted by atomic mass is 9.88. The SMILES string of the molecule is O=C(Nc1cncc(-c2ccc3[nH]nc(-c4nc5c(-c6ccncc6)ccnc5[nH]4)c3n2)c1)C1CCCCC1.